The van der Waals surface area contributed by atoms with Gasteiger partial charge in [-0.1, -0.05) is 47.5 Å². The van der Waals surface area contributed by atoms with Crippen molar-refractivity contribution in [3.8, 4) is 28.4 Å². The van der Waals surface area contributed by atoms with E-state index in [0.29, 0.717) is 29.2 Å². The SMILES string of the molecule is COc1cc(-c2nc(N3CCCc4ccccc43)nc(N3CCCc4ccccc43)n2)cnc1-c1[c-]cc2c(c1)C(C)(C)OC2(C)C.[Ir]. The molecule has 8 nitrogen and oxygen atoms in total. The molecule has 0 fully saturated rings. The Morgan fingerprint density at radius 1 is 0.771 bits per heavy atom. The van der Waals surface area contributed by atoms with E-state index < -0.39 is 5.60 Å². The molecule has 0 amide bonds. The van der Waals surface area contributed by atoms with Crippen LogP contribution in [0, 0.1) is 6.07 Å². The number of aryl methyl sites for hydroxylation is 2. The summed E-state index contributed by atoms with van der Waals surface area (Å²) in [6.07, 6.45) is 5.97. The van der Waals surface area contributed by atoms with Gasteiger partial charge in [0.15, 0.2) is 5.82 Å². The van der Waals surface area contributed by atoms with Gasteiger partial charge in [-0.3, -0.25) is 0 Å². The minimum Gasteiger partial charge on any atom is -0.504 e. The summed E-state index contributed by atoms with van der Waals surface area (Å²) in [5.41, 5.74) is 8.71. The van der Waals surface area contributed by atoms with Crippen LogP contribution in [0.5, 0.6) is 5.75 Å². The van der Waals surface area contributed by atoms with Crippen LogP contribution in [0.2, 0.25) is 0 Å². The number of pyridine rings is 1. The van der Waals surface area contributed by atoms with Crippen LogP contribution in [0.15, 0.2) is 72.9 Å². The van der Waals surface area contributed by atoms with Gasteiger partial charge >= 0.3 is 0 Å². The number of fused-ring (bicyclic) bond motifs is 3. The van der Waals surface area contributed by atoms with Crippen LogP contribution < -0.4 is 14.5 Å². The van der Waals surface area contributed by atoms with Crippen molar-refractivity contribution in [3.63, 3.8) is 0 Å². The number of nitrogens with zero attached hydrogens (tertiary/aromatic N) is 6. The molecule has 0 unspecified atom stereocenters. The molecule has 5 aromatic rings. The van der Waals surface area contributed by atoms with E-state index in [-0.39, 0.29) is 25.7 Å². The molecule has 48 heavy (non-hydrogen) atoms. The molecule has 0 aliphatic carbocycles. The molecule has 3 aliphatic heterocycles. The van der Waals surface area contributed by atoms with Crippen LogP contribution in [0.1, 0.15) is 62.8 Å². The normalized spacial score (nSPS) is 17.2. The van der Waals surface area contributed by atoms with E-state index in [2.05, 4.69) is 98.2 Å². The summed E-state index contributed by atoms with van der Waals surface area (Å²) in [4.78, 5) is 24.7. The first-order valence-corrected chi connectivity index (χ1v) is 16.5. The molecule has 247 valence electrons. The van der Waals surface area contributed by atoms with Crippen LogP contribution >= 0.6 is 0 Å². The molecule has 0 saturated heterocycles. The summed E-state index contributed by atoms with van der Waals surface area (Å²) in [5.74, 6) is 2.47. The van der Waals surface area contributed by atoms with Crippen molar-refractivity contribution in [2.24, 2.45) is 0 Å². The van der Waals surface area contributed by atoms with Gasteiger partial charge in [-0.2, -0.15) is 15.0 Å². The van der Waals surface area contributed by atoms with Gasteiger partial charge in [-0.15, -0.1) is 23.8 Å². The molecule has 0 bridgehead atoms. The third-order valence-corrected chi connectivity index (χ3v) is 9.66. The molecular weight excluding hydrogens is 777 g/mol. The Kier molecular flexibility index (Phi) is 8.35. The smallest absolute Gasteiger partial charge is 0.235 e. The number of rotatable bonds is 5. The maximum Gasteiger partial charge on any atom is 0.235 e. The van der Waals surface area contributed by atoms with Gasteiger partial charge in [-0.25, -0.2) is 0 Å². The number of ether oxygens (including phenoxy) is 2. The molecule has 0 saturated carbocycles. The second kappa shape index (κ2) is 12.4. The summed E-state index contributed by atoms with van der Waals surface area (Å²) >= 11 is 0. The number of methoxy groups -OCH3 is 1. The predicted molar refractivity (Wildman–Crippen MR) is 185 cm³/mol. The average Bonchev–Trinajstić information content (AvgIpc) is 3.29. The second-order valence-electron chi connectivity index (χ2n) is 13.6. The van der Waals surface area contributed by atoms with Crippen LogP contribution in [0.25, 0.3) is 22.6 Å². The van der Waals surface area contributed by atoms with Crippen LogP contribution in [-0.2, 0) is 48.9 Å². The summed E-state index contributed by atoms with van der Waals surface area (Å²) in [6.45, 7) is 10.1. The first-order valence-electron chi connectivity index (χ1n) is 16.5. The quantitative estimate of drug-likeness (QED) is 0.165. The van der Waals surface area contributed by atoms with E-state index in [9.17, 15) is 0 Å². The van der Waals surface area contributed by atoms with Gasteiger partial charge in [0.25, 0.3) is 0 Å². The van der Waals surface area contributed by atoms with Crippen molar-refractivity contribution in [1.82, 2.24) is 19.9 Å². The molecule has 9 heteroatoms. The molecule has 1 radical (unpaired) electrons. The van der Waals surface area contributed by atoms with Crippen LogP contribution in [0.4, 0.5) is 23.3 Å². The summed E-state index contributed by atoms with van der Waals surface area (Å²) < 4.78 is 12.3. The molecular formula is C39H39IrN6O2-. The van der Waals surface area contributed by atoms with E-state index in [1.54, 1.807) is 7.11 Å². The first-order chi connectivity index (χ1) is 22.7. The van der Waals surface area contributed by atoms with Crippen molar-refractivity contribution in [2.75, 3.05) is 30.0 Å². The number of anilines is 4. The number of hydrogen-bond donors (Lipinski definition) is 0. The van der Waals surface area contributed by atoms with Gasteiger partial charge in [0.1, 0.15) is 5.75 Å². The number of para-hydroxylation sites is 2. The Morgan fingerprint density at radius 2 is 1.35 bits per heavy atom. The zero-order valence-corrected chi connectivity index (χ0v) is 30.4. The molecule has 0 N–H and O–H groups in total. The van der Waals surface area contributed by atoms with Crippen molar-refractivity contribution < 1.29 is 29.6 Å². The Morgan fingerprint density at radius 3 is 1.96 bits per heavy atom. The number of hydrogen-bond acceptors (Lipinski definition) is 8. The van der Waals surface area contributed by atoms with E-state index in [1.165, 1.54) is 11.1 Å². The van der Waals surface area contributed by atoms with Gasteiger partial charge in [0, 0.05) is 62.0 Å². The van der Waals surface area contributed by atoms with E-state index in [0.717, 1.165) is 72.4 Å². The predicted octanol–water partition coefficient (Wildman–Crippen LogP) is 8.08. The second-order valence-corrected chi connectivity index (χ2v) is 13.6. The standard InChI is InChI=1S/C39H39N6O2.Ir/c1-38(2)29-19-18-27(22-30(29)39(3,4)47-38)34-33(46-5)23-28(24-40-34)35-41-36(44-20-10-14-25-12-6-8-16-31(25)44)43-37(42-35)45-21-11-15-26-13-7-9-17-32(26)45;/h6-9,12-13,16-17,19,22-24H,10-11,14-15,20-21H2,1-5H3;/q-1;. The number of benzene rings is 3. The zero-order chi connectivity index (χ0) is 32.3. The third kappa shape index (κ3) is 5.58. The fraction of sp³-hybridized carbons (Fsp3) is 0.333. The van der Waals surface area contributed by atoms with Gasteiger partial charge in [0.2, 0.25) is 11.9 Å². The van der Waals surface area contributed by atoms with Crippen molar-refractivity contribution >= 4 is 23.3 Å². The average molecular weight is 816 g/mol. The Balaban J connectivity index is 0.00000364. The van der Waals surface area contributed by atoms with Crippen molar-refractivity contribution in [3.05, 3.63) is 101 Å². The maximum absolute atomic E-state index is 6.40. The van der Waals surface area contributed by atoms with Crippen LogP contribution in [0.3, 0.4) is 0 Å². The fourth-order valence-corrected chi connectivity index (χ4v) is 7.50. The zero-order valence-electron chi connectivity index (χ0n) is 28.0. The van der Waals surface area contributed by atoms with Gasteiger partial charge < -0.3 is 24.3 Å². The van der Waals surface area contributed by atoms with E-state index in [1.807, 2.05) is 18.3 Å². The maximum atomic E-state index is 6.40. The molecule has 3 aromatic carbocycles. The van der Waals surface area contributed by atoms with Crippen molar-refractivity contribution in [1.29, 1.82) is 0 Å². The molecule has 3 aliphatic rings. The van der Waals surface area contributed by atoms with Crippen LogP contribution in [-0.4, -0.2) is 40.1 Å². The third-order valence-electron chi connectivity index (χ3n) is 9.66. The Labute approximate surface area is 295 Å². The van der Waals surface area contributed by atoms with E-state index in [4.69, 9.17) is 29.4 Å². The van der Waals surface area contributed by atoms with Crippen molar-refractivity contribution in [2.45, 2.75) is 64.6 Å². The molecule has 8 rings (SSSR count). The topological polar surface area (TPSA) is 76.5 Å². The Hall–Kier alpha value is -4.17. The minimum atomic E-state index is -0.423. The number of aromatic nitrogens is 4. The summed E-state index contributed by atoms with van der Waals surface area (Å²) in [5, 5.41) is 0. The molecule has 0 spiro atoms. The largest absolute Gasteiger partial charge is 0.504 e. The fourth-order valence-electron chi connectivity index (χ4n) is 7.50. The molecule has 2 aromatic heterocycles. The first kappa shape index (κ1) is 32.4. The van der Waals surface area contributed by atoms with Gasteiger partial charge in [-0.05, 0) is 82.7 Å². The molecule has 0 atom stereocenters. The summed E-state index contributed by atoms with van der Waals surface area (Å²) in [6, 6.07) is 26.7. The summed E-state index contributed by atoms with van der Waals surface area (Å²) in [7, 11) is 1.67. The van der Waals surface area contributed by atoms with E-state index >= 15 is 0 Å². The minimum absolute atomic E-state index is 0. The van der Waals surface area contributed by atoms with Gasteiger partial charge in [0.05, 0.1) is 18.3 Å². The molecule has 5 heterocycles. The monoisotopic (exact) mass is 816 g/mol. The Bertz CT molecular complexity index is 1940.